The minimum atomic E-state index is 0.842. The summed E-state index contributed by atoms with van der Waals surface area (Å²) < 4.78 is 2.05. The van der Waals surface area contributed by atoms with Gasteiger partial charge in [-0.15, -0.1) is 0 Å². The summed E-state index contributed by atoms with van der Waals surface area (Å²) in [6, 6.07) is 6.05. The molecule has 0 aliphatic heterocycles. The Morgan fingerprint density at radius 3 is 3.00 bits per heavy atom. The van der Waals surface area contributed by atoms with E-state index in [1.807, 2.05) is 24.4 Å². The lowest BCUT2D eigenvalue weighted by Gasteiger charge is -2.08. The maximum absolute atomic E-state index is 4.54. The molecule has 1 N–H and O–H groups in total. The van der Waals surface area contributed by atoms with Gasteiger partial charge in [-0.25, -0.2) is 4.98 Å². The number of pyridine rings is 1. The van der Waals surface area contributed by atoms with Crippen molar-refractivity contribution in [2.45, 2.75) is 13.0 Å². The van der Waals surface area contributed by atoms with Crippen LogP contribution in [-0.4, -0.2) is 41.5 Å². The van der Waals surface area contributed by atoms with Crippen molar-refractivity contribution in [2.75, 3.05) is 27.2 Å². The molecule has 0 aliphatic carbocycles. The normalized spacial score (nSPS) is 11.5. The number of nitrogens with zero attached hydrogens (tertiary/aromatic N) is 3. The van der Waals surface area contributed by atoms with Crippen molar-refractivity contribution in [1.29, 1.82) is 0 Å². The SMILES string of the molecule is CN(C)CCCNCc1cn2ccccc2n1. The summed E-state index contributed by atoms with van der Waals surface area (Å²) in [6.45, 7) is 3.00. The Balaban J connectivity index is 1.79. The van der Waals surface area contributed by atoms with Gasteiger partial charge in [-0.3, -0.25) is 0 Å². The minimum Gasteiger partial charge on any atom is -0.311 e. The van der Waals surface area contributed by atoms with E-state index in [-0.39, 0.29) is 0 Å². The lowest BCUT2D eigenvalue weighted by atomic mass is 10.4. The van der Waals surface area contributed by atoms with Crippen LogP contribution in [0.25, 0.3) is 5.65 Å². The van der Waals surface area contributed by atoms with Gasteiger partial charge in [-0.05, 0) is 45.7 Å². The zero-order valence-corrected chi connectivity index (χ0v) is 10.6. The van der Waals surface area contributed by atoms with Crippen molar-refractivity contribution in [1.82, 2.24) is 19.6 Å². The standard InChI is InChI=1S/C13H20N4/c1-16(2)8-5-7-14-10-12-11-17-9-4-3-6-13(17)15-12/h3-4,6,9,11,14H,5,7-8,10H2,1-2H3. The second-order valence-electron chi connectivity index (χ2n) is 4.53. The Bertz CT molecular complexity index is 428. The van der Waals surface area contributed by atoms with Crippen molar-refractivity contribution in [3.8, 4) is 0 Å². The van der Waals surface area contributed by atoms with Crippen LogP contribution in [0.2, 0.25) is 0 Å². The third kappa shape index (κ3) is 3.54. The second kappa shape index (κ2) is 5.80. The predicted octanol–water partition coefficient (Wildman–Crippen LogP) is 1.38. The highest BCUT2D eigenvalue weighted by molar-refractivity contribution is 5.39. The maximum Gasteiger partial charge on any atom is 0.137 e. The van der Waals surface area contributed by atoms with E-state index in [0.29, 0.717) is 0 Å². The smallest absolute Gasteiger partial charge is 0.137 e. The third-order valence-electron chi connectivity index (χ3n) is 2.68. The van der Waals surface area contributed by atoms with Crippen LogP contribution in [0.4, 0.5) is 0 Å². The van der Waals surface area contributed by atoms with Crippen molar-refractivity contribution < 1.29 is 0 Å². The molecule has 0 aromatic carbocycles. The van der Waals surface area contributed by atoms with E-state index in [9.17, 15) is 0 Å². The number of imidazole rings is 1. The Labute approximate surface area is 102 Å². The number of nitrogens with one attached hydrogen (secondary N) is 1. The molecule has 4 nitrogen and oxygen atoms in total. The molecule has 2 rings (SSSR count). The van der Waals surface area contributed by atoms with Crippen LogP contribution in [-0.2, 0) is 6.54 Å². The quantitative estimate of drug-likeness (QED) is 0.764. The van der Waals surface area contributed by atoms with Crippen LogP contribution >= 0.6 is 0 Å². The van der Waals surface area contributed by atoms with E-state index in [1.165, 1.54) is 6.42 Å². The molecule has 2 heterocycles. The summed E-state index contributed by atoms with van der Waals surface area (Å²) in [5, 5.41) is 3.42. The molecule has 4 heteroatoms. The van der Waals surface area contributed by atoms with Gasteiger partial charge < -0.3 is 14.6 Å². The molecule has 0 fully saturated rings. The highest BCUT2D eigenvalue weighted by Gasteiger charge is 1.99. The van der Waals surface area contributed by atoms with Gasteiger partial charge in [-0.2, -0.15) is 0 Å². The molecule has 0 atom stereocenters. The number of hydrogen-bond acceptors (Lipinski definition) is 3. The first-order chi connectivity index (χ1) is 8.25. The predicted molar refractivity (Wildman–Crippen MR) is 70.1 cm³/mol. The minimum absolute atomic E-state index is 0.842. The van der Waals surface area contributed by atoms with Gasteiger partial charge >= 0.3 is 0 Å². The summed E-state index contributed by atoms with van der Waals surface area (Å²) in [5.74, 6) is 0. The molecule has 2 aromatic heterocycles. The number of hydrogen-bond donors (Lipinski definition) is 1. The fourth-order valence-electron chi connectivity index (χ4n) is 1.81. The van der Waals surface area contributed by atoms with Crippen molar-refractivity contribution >= 4 is 5.65 Å². The van der Waals surface area contributed by atoms with Crippen molar-refractivity contribution in [3.05, 3.63) is 36.3 Å². The molecule has 0 aliphatic rings. The Morgan fingerprint density at radius 2 is 2.24 bits per heavy atom. The molecule has 0 bridgehead atoms. The summed E-state index contributed by atoms with van der Waals surface area (Å²) in [6.07, 6.45) is 5.27. The number of aromatic nitrogens is 2. The highest BCUT2D eigenvalue weighted by atomic mass is 15.1. The molecule has 92 valence electrons. The van der Waals surface area contributed by atoms with Gasteiger partial charge in [0.2, 0.25) is 0 Å². The number of fused-ring (bicyclic) bond motifs is 1. The molecule has 0 amide bonds. The molecule has 0 radical (unpaired) electrons. The Hall–Kier alpha value is -1.39. The average molecular weight is 232 g/mol. The van der Waals surface area contributed by atoms with Gasteiger partial charge in [0.05, 0.1) is 5.69 Å². The highest BCUT2D eigenvalue weighted by Crippen LogP contribution is 2.03. The van der Waals surface area contributed by atoms with Gasteiger partial charge in [0.1, 0.15) is 5.65 Å². The summed E-state index contributed by atoms with van der Waals surface area (Å²) in [5.41, 5.74) is 2.11. The molecule has 0 unspecified atom stereocenters. The van der Waals surface area contributed by atoms with Crippen LogP contribution in [0, 0.1) is 0 Å². The van der Waals surface area contributed by atoms with E-state index in [1.54, 1.807) is 0 Å². The zero-order chi connectivity index (χ0) is 12.1. The lowest BCUT2D eigenvalue weighted by molar-refractivity contribution is 0.394. The molecule has 0 spiro atoms. The van der Waals surface area contributed by atoms with Crippen LogP contribution in [0.1, 0.15) is 12.1 Å². The van der Waals surface area contributed by atoms with Crippen LogP contribution < -0.4 is 5.32 Å². The van der Waals surface area contributed by atoms with Gasteiger partial charge in [0.25, 0.3) is 0 Å². The number of rotatable bonds is 6. The van der Waals surface area contributed by atoms with Crippen molar-refractivity contribution in [2.24, 2.45) is 0 Å². The largest absolute Gasteiger partial charge is 0.311 e. The summed E-state index contributed by atoms with van der Waals surface area (Å²) in [7, 11) is 4.20. The van der Waals surface area contributed by atoms with E-state index in [4.69, 9.17) is 0 Å². The van der Waals surface area contributed by atoms with Crippen molar-refractivity contribution in [3.63, 3.8) is 0 Å². The van der Waals surface area contributed by atoms with Gasteiger partial charge in [-0.1, -0.05) is 6.07 Å². The first-order valence-corrected chi connectivity index (χ1v) is 6.04. The average Bonchev–Trinajstić information content (AvgIpc) is 2.70. The van der Waals surface area contributed by atoms with E-state index < -0.39 is 0 Å². The lowest BCUT2D eigenvalue weighted by Crippen LogP contribution is -2.21. The molecular formula is C13H20N4. The molecular weight excluding hydrogens is 212 g/mol. The monoisotopic (exact) mass is 232 g/mol. The topological polar surface area (TPSA) is 32.6 Å². The fourth-order valence-corrected chi connectivity index (χ4v) is 1.81. The van der Waals surface area contributed by atoms with Gasteiger partial charge in [0.15, 0.2) is 0 Å². The molecule has 0 saturated heterocycles. The summed E-state index contributed by atoms with van der Waals surface area (Å²) >= 11 is 0. The second-order valence-corrected chi connectivity index (χ2v) is 4.53. The molecule has 17 heavy (non-hydrogen) atoms. The van der Waals surface area contributed by atoms with E-state index >= 15 is 0 Å². The first-order valence-electron chi connectivity index (χ1n) is 6.04. The Kier molecular flexibility index (Phi) is 4.12. The maximum atomic E-state index is 4.54. The summed E-state index contributed by atoms with van der Waals surface area (Å²) in [4.78, 5) is 6.74. The van der Waals surface area contributed by atoms with E-state index in [2.05, 4.69) is 39.9 Å². The van der Waals surface area contributed by atoms with Crippen LogP contribution in [0.3, 0.4) is 0 Å². The van der Waals surface area contributed by atoms with Crippen LogP contribution in [0.5, 0.6) is 0 Å². The van der Waals surface area contributed by atoms with Gasteiger partial charge in [0, 0.05) is 18.9 Å². The zero-order valence-electron chi connectivity index (χ0n) is 10.6. The molecule has 0 saturated carbocycles. The van der Waals surface area contributed by atoms with E-state index in [0.717, 1.165) is 31.0 Å². The Morgan fingerprint density at radius 1 is 1.35 bits per heavy atom. The van der Waals surface area contributed by atoms with Crippen LogP contribution in [0.15, 0.2) is 30.6 Å². The molecule has 2 aromatic rings. The third-order valence-corrected chi connectivity index (χ3v) is 2.68. The fraction of sp³-hybridized carbons (Fsp3) is 0.462. The first kappa shape index (κ1) is 12.1.